The Kier molecular flexibility index (Phi) is 3.67. The number of carbonyl (C=O) groups is 1. The van der Waals surface area contributed by atoms with Crippen LogP contribution in [0.25, 0.3) is 10.4 Å². The monoisotopic (exact) mass is 262 g/mol. The highest BCUT2D eigenvalue weighted by Crippen LogP contribution is 2.36. The largest absolute Gasteiger partial charge is 0.492 e. The lowest BCUT2D eigenvalue weighted by Crippen LogP contribution is -2.03. The number of carboxylic acids is 1. The molecule has 2 aromatic rings. The molecule has 18 heavy (non-hydrogen) atoms. The molecule has 1 aromatic carbocycles. The fraction of sp³-hybridized carbons (Fsp3) is 0.214. The van der Waals surface area contributed by atoms with Crippen LogP contribution >= 0.6 is 11.3 Å². The van der Waals surface area contributed by atoms with Gasteiger partial charge in [0.05, 0.1) is 6.61 Å². The topological polar surface area (TPSA) is 46.5 Å². The highest BCUT2D eigenvalue weighted by Gasteiger charge is 2.17. The van der Waals surface area contributed by atoms with Gasteiger partial charge in [0, 0.05) is 10.4 Å². The number of rotatable bonds is 4. The fourth-order valence-electron chi connectivity index (χ4n) is 1.77. The Morgan fingerprint density at radius 1 is 1.44 bits per heavy atom. The molecule has 1 N–H and O–H groups in total. The van der Waals surface area contributed by atoms with E-state index in [0.29, 0.717) is 12.4 Å². The molecule has 0 fully saturated rings. The zero-order valence-corrected chi connectivity index (χ0v) is 11.1. The zero-order valence-electron chi connectivity index (χ0n) is 10.3. The van der Waals surface area contributed by atoms with Gasteiger partial charge >= 0.3 is 5.97 Å². The SMILES string of the molecule is CCOc1c(C(=O)O)cccc1-c1cc(C)cs1. The van der Waals surface area contributed by atoms with Crippen molar-refractivity contribution >= 4 is 17.3 Å². The van der Waals surface area contributed by atoms with Crippen molar-refractivity contribution in [1.29, 1.82) is 0 Å². The van der Waals surface area contributed by atoms with Gasteiger partial charge < -0.3 is 9.84 Å². The van der Waals surface area contributed by atoms with Gasteiger partial charge in [0.1, 0.15) is 11.3 Å². The van der Waals surface area contributed by atoms with Crippen molar-refractivity contribution in [2.24, 2.45) is 0 Å². The molecule has 94 valence electrons. The molecule has 0 saturated carbocycles. The second-order valence-electron chi connectivity index (χ2n) is 3.91. The predicted octanol–water partition coefficient (Wildman–Crippen LogP) is 3.82. The Labute approximate surface area is 110 Å². The van der Waals surface area contributed by atoms with Crippen molar-refractivity contribution < 1.29 is 14.6 Å². The normalized spacial score (nSPS) is 10.3. The first-order chi connectivity index (χ1) is 8.63. The van der Waals surface area contributed by atoms with E-state index in [0.717, 1.165) is 16.0 Å². The van der Waals surface area contributed by atoms with Gasteiger partial charge in [-0.1, -0.05) is 6.07 Å². The van der Waals surface area contributed by atoms with E-state index in [9.17, 15) is 9.90 Å². The summed E-state index contributed by atoms with van der Waals surface area (Å²) in [4.78, 5) is 12.2. The van der Waals surface area contributed by atoms with E-state index in [-0.39, 0.29) is 5.56 Å². The van der Waals surface area contributed by atoms with Crippen LogP contribution in [0, 0.1) is 6.92 Å². The van der Waals surface area contributed by atoms with Crippen LogP contribution in [0.5, 0.6) is 5.75 Å². The summed E-state index contributed by atoms with van der Waals surface area (Å²) in [5, 5.41) is 11.2. The van der Waals surface area contributed by atoms with Gasteiger partial charge in [0.2, 0.25) is 0 Å². The maximum absolute atomic E-state index is 11.2. The van der Waals surface area contributed by atoms with Crippen molar-refractivity contribution in [1.82, 2.24) is 0 Å². The minimum atomic E-state index is -0.964. The van der Waals surface area contributed by atoms with Crippen molar-refractivity contribution in [2.45, 2.75) is 13.8 Å². The Bertz CT molecular complexity index is 572. The average molecular weight is 262 g/mol. The molecule has 0 aliphatic rings. The molecule has 4 heteroatoms. The summed E-state index contributed by atoms with van der Waals surface area (Å²) < 4.78 is 5.52. The second kappa shape index (κ2) is 5.23. The summed E-state index contributed by atoms with van der Waals surface area (Å²) >= 11 is 1.59. The molecular formula is C14H14O3S. The van der Waals surface area contributed by atoms with Crippen molar-refractivity contribution in [3.8, 4) is 16.2 Å². The van der Waals surface area contributed by atoms with Crippen LogP contribution < -0.4 is 4.74 Å². The number of para-hydroxylation sites is 1. The number of carboxylic acid groups (broad SMARTS) is 1. The highest BCUT2D eigenvalue weighted by molar-refractivity contribution is 7.13. The van der Waals surface area contributed by atoms with Crippen LogP contribution in [0.4, 0.5) is 0 Å². The quantitative estimate of drug-likeness (QED) is 0.911. The van der Waals surface area contributed by atoms with Gasteiger partial charge in [0.15, 0.2) is 0 Å². The third kappa shape index (κ3) is 2.38. The van der Waals surface area contributed by atoms with Gasteiger partial charge in [-0.2, -0.15) is 0 Å². The van der Waals surface area contributed by atoms with Crippen LogP contribution in [0.2, 0.25) is 0 Å². The zero-order chi connectivity index (χ0) is 13.1. The molecule has 0 unspecified atom stereocenters. The van der Waals surface area contributed by atoms with E-state index >= 15 is 0 Å². The van der Waals surface area contributed by atoms with E-state index in [1.807, 2.05) is 31.4 Å². The maximum Gasteiger partial charge on any atom is 0.339 e. The van der Waals surface area contributed by atoms with Crippen LogP contribution in [-0.4, -0.2) is 17.7 Å². The molecule has 0 radical (unpaired) electrons. The Hall–Kier alpha value is -1.81. The molecule has 1 heterocycles. The lowest BCUT2D eigenvalue weighted by molar-refractivity contribution is 0.0692. The molecule has 1 aromatic heterocycles. The Balaban J connectivity index is 2.59. The molecular weight excluding hydrogens is 248 g/mol. The summed E-state index contributed by atoms with van der Waals surface area (Å²) in [6.07, 6.45) is 0. The number of thiophene rings is 1. The van der Waals surface area contributed by atoms with E-state index in [1.165, 1.54) is 0 Å². The summed E-state index contributed by atoms with van der Waals surface area (Å²) in [5.74, 6) is -0.511. The number of benzene rings is 1. The van der Waals surface area contributed by atoms with Crippen molar-refractivity contribution in [3.05, 3.63) is 40.8 Å². The highest BCUT2D eigenvalue weighted by atomic mass is 32.1. The fourth-order valence-corrected chi connectivity index (χ4v) is 2.69. The first kappa shape index (κ1) is 12.6. The third-order valence-corrected chi connectivity index (χ3v) is 3.61. The standard InChI is InChI=1S/C14H14O3S/c1-3-17-13-10(12-7-9(2)8-18-12)5-4-6-11(13)14(15)16/h4-8H,3H2,1-2H3,(H,15,16). The first-order valence-electron chi connectivity index (χ1n) is 5.68. The lowest BCUT2D eigenvalue weighted by atomic mass is 10.1. The average Bonchev–Trinajstić information content (AvgIpc) is 2.76. The van der Waals surface area contributed by atoms with Gasteiger partial charge in [-0.15, -0.1) is 11.3 Å². The molecule has 0 amide bonds. The molecule has 0 spiro atoms. The van der Waals surface area contributed by atoms with E-state index in [4.69, 9.17) is 4.74 Å². The third-order valence-electron chi connectivity index (χ3n) is 2.53. The van der Waals surface area contributed by atoms with Crippen LogP contribution in [0.1, 0.15) is 22.8 Å². The van der Waals surface area contributed by atoms with Gasteiger partial charge in [0.25, 0.3) is 0 Å². The van der Waals surface area contributed by atoms with Crippen LogP contribution in [-0.2, 0) is 0 Å². The van der Waals surface area contributed by atoms with Gasteiger partial charge in [-0.25, -0.2) is 4.79 Å². The molecule has 3 nitrogen and oxygen atoms in total. The minimum absolute atomic E-state index is 0.209. The number of aromatic carboxylic acids is 1. The Morgan fingerprint density at radius 3 is 2.78 bits per heavy atom. The summed E-state index contributed by atoms with van der Waals surface area (Å²) in [6, 6.07) is 7.24. The molecule has 0 aliphatic heterocycles. The molecule has 0 aliphatic carbocycles. The molecule has 0 saturated heterocycles. The molecule has 0 bridgehead atoms. The molecule has 2 rings (SSSR count). The minimum Gasteiger partial charge on any atom is -0.492 e. The Morgan fingerprint density at radius 2 is 2.22 bits per heavy atom. The number of aryl methyl sites for hydroxylation is 1. The van der Waals surface area contributed by atoms with E-state index < -0.39 is 5.97 Å². The summed E-state index contributed by atoms with van der Waals surface area (Å²) in [5.41, 5.74) is 2.22. The second-order valence-corrected chi connectivity index (χ2v) is 4.82. The first-order valence-corrected chi connectivity index (χ1v) is 6.56. The summed E-state index contributed by atoms with van der Waals surface area (Å²) in [7, 11) is 0. The van der Waals surface area contributed by atoms with E-state index in [2.05, 4.69) is 0 Å². The van der Waals surface area contributed by atoms with Crippen LogP contribution in [0.15, 0.2) is 29.6 Å². The maximum atomic E-state index is 11.2. The van der Waals surface area contributed by atoms with Gasteiger partial charge in [-0.3, -0.25) is 0 Å². The van der Waals surface area contributed by atoms with Gasteiger partial charge in [-0.05, 0) is 43.0 Å². The number of hydrogen-bond acceptors (Lipinski definition) is 3. The smallest absolute Gasteiger partial charge is 0.339 e. The lowest BCUT2D eigenvalue weighted by Gasteiger charge is -2.11. The van der Waals surface area contributed by atoms with Crippen molar-refractivity contribution in [3.63, 3.8) is 0 Å². The molecule has 0 atom stereocenters. The number of hydrogen-bond donors (Lipinski definition) is 1. The number of ether oxygens (including phenoxy) is 1. The van der Waals surface area contributed by atoms with E-state index in [1.54, 1.807) is 23.5 Å². The summed E-state index contributed by atoms with van der Waals surface area (Å²) in [6.45, 7) is 4.31. The van der Waals surface area contributed by atoms with Crippen LogP contribution in [0.3, 0.4) is 0 Å². The predicted molar refractivity (Wildman–Crippen MR) is 72.6 cm³/mol. The van der Waals surface area contributed by atoms with Crippen molar-refractivity contribution in [2.75, 3.05) is 6.61 Å².